The lowest BCUT2D eigenvalue weighted by Gasteiger charge is -1.92. The molecule has 0 bridgehead atoms. The lowest BCUT2D eigenvalue weighted by molar-refractivity contribution is 0.646. The molecule has 1 aromatic heterocycles. The average Bonchev–Trinajstić information content (AvgIpc) is 2.29. The van der Waals surface area contributed by atoms with E-state index in [0.29, 0.717) is 10.3 Å². The molecule has 0 aliphatic heterocycles. The molecule has 0 saturated carbocycles. The summed E-state index contributed by atoms with van der Waals surface area (Å²) < 4.78 is 14.1. The fourth-order valence-corrected chi connectivity index (χ4v) is 2.37. The Morgan fingerprint density at radius 3 is 2.83 bits per heavy atom. The standard InChI is InChI=1S/C8H6FNS2/c9-7-6-4(11)2-1-3-5(6)12-8(7)10/h1-3,11H,10H2. The molecule has 0 aliphatic carbocycles. The van der Waals surface area contributed by atoms with Gasteiger partial charge in [0.25, 0.3) is 0 Å². The van der Waals surface area contributed by atoms with Crippen molar-refractivity contribution >= 4 is 39.1 Å². The van der Waals surface area contributed by atoms with Crippen LogP contribution in [0.2, 0.25) is 0 Å². The first-order chi connectivity index (χ1) is 5.70. The van der Waals surface area contributed by atoms with Crippen LogP contribution in [0.3, 0.4) is 0 Å². The van der Waals surface area contributed by atoms with E-state index in [0.717, 1.165) is 4.70 Å². The van der Waals surface area contributed by atoms with Crippen LogP contribution in [-0.4, -0.2) is 0 Å². The van der Waals surface area contributed by atoms with Gasteiger partial charge in [0.15, 0.2) is 5.82 Å². The van der Waals surface area contributed by atoms with Crippen molar-refractivity contribution in [1.29, 1.82) is 0 Å². The number of benzene rings is 1. The van der Waals surface area contributed by atoms with E-state index in [-0.39, 0.29) is 10.8 Å². The molecular formula is C8H6FNS2. The summed E-state index contributed by atoms with van der Waals surface area (Å²) in [5.74, 6) is -0.347. The van der Waals surface area contributed by atoms with Crippen LogP contribution in [0.5, 0.6) is 0 Å². The highest BCUT2D eigenvalue weighted by Gasteiger charge is 2.10. The first-order valence-corrected chi connectivity index (χ1v) is 4.62. The molecule has 2 N–H and O–H groups in total. The van der Waals surface area contributed by atoms with Gasteiger partial charge in [0.1, 0.15) is 5.00 Å². The maximum atomic E-state index is 13.3. The number of halogens is 1. The molecule has 4 heteroatoms. The average molecular weight is 199 g/mol. The Kier molecular flexibility index (Phi) is 1.73. The van der Waals surface area contributed by atoms with E-state index in [1.165, 1.54) is 11.3 Å². The van der Waals surface area contributed by atoms with Crippen molar-refractivity contribution in [3.63, 3.8) is 0 Å². The molecule has 0 aliphatic rings. The van der Waals surface area contributed by atoms with Crippen molar-refractivity contribution < 1.29 is 4.39 Å². The third-order valence-corrected chi connectivity index (χ3v) is 2.99. The molecule has 0 spiro atoms. The van der Waals surface area contributed by atoms with Gasteiger partial charge in [-0.1, -0.05) is 6.07 Å². The van der Waals surface area contributed by atoms with Crippen LogP contribution in [0.1, 0.15) is 0 Å². The molecule has 0 fully saturated rings. The Morgan fingerprint density at radius 1 is 1.42 bits per heavy atom. The maximum absolute atomic E-state index is 13.3. The zero-order valence-corrected chi connectivity index (χ0v) is 7.75. The smallest absolute Gasteiger partial charge is 0.166 e. The molecule has 0 saturated heterocycles. The summed E-state index contributed by atoms with van der Waals surface area (Å²) in [6.07, 6.45) is 0. The molecule has 0 amide bonds. The highest BCUT2D eigenvalue weighted by atomic mass is 32.1. The molecule has 62 valence electrons. The fraction of sp³-hybridized carbons (Fsp3) is 0. The van der Waals surface area contributed by atoms with Gasteiger partial charge in [-0.25, -0.2) is 4.39 Å². The lowest BCUT2D eigenvalue weighted by atomic mass is 10.2. The maximum Gasteiger partial charge on any atom is 0.166 e. The number of nitrogens with two attached hydrogens (primary N) is 1. The van der Waals surface area contributed by atoms with Crippen LogP contribution >= 0.6 is 24.0 Å². The molecule has 0 atom stereocenters. The zero-order valence-electron chi connectivity index (χ0n) is 6.04. The number of nitrogen functional groups attached to an aromatic ring is 1. The molecule has 1 aromatic carbocycles. The van der Waals surface area contributed by atoms with E-state index in [1.807, 2.05) is 12.1 Å². The predicted octanol–water partition coefficient (Wildman–Crippen LogP) is 2.91. The Hall–Kier alpha value is -0.740. The van der Waals surface area contributed by atoms with Gasteiger partial charge < -0.3 is 5.73 Å². The Bertz CT molecular complexity index is 436. The van der Waals surface area contributed by atoms with Gasteiger partial charge in [0.2, 0.25) is 0 Å². The second-order valence-electron chi connectivity index (χ2n) is 2.43. The van der Waals surface area contributed by atoms with Gasteiger partial charge in [0, 0.05) is 15.0 Å². The van der Waals surface area contributed by atoms with Crippen molar-refractivity contribution in [3.8, 4) is 0 Å². The van der Waals surface area contributed by atoms with Crippen LogP contribution < -0.4 is 5.73 Å². The number of thiol groups is 1. The monoisotopic (exact) mass is 199 g/mol. The molecule has 0 unspecified atom stereocenters. The van der Waals surface area contributed by atoms with Crippen molar-refractivity contribution in [1.82, 2.24) is 0 Å². The van der Waals surface area contributed by atoms with Crippen LogP contribution in [0.15, 0.2) is 23.1 Å². The summed E-state index contributed by atoms with van der Waals surface area (Å²) in [7, 11) is 0. The molecule has 1 nitrogen and oxygen atoms in total. The molecule has 2 rings (SSSR count). The van der Waals surface area contributed by atoms with E-state index in [1.54, 1.807) is 6.07 Å². The summed E-state index contributed by atoms with van der Waals surface area (Å²) in [6.45, 7) is 0. The first kappa shape index (κ1) is 7.89. The summed E-state index contributed by atoms with van der Waals surface area (Å²) in [4.78, 5) is 0.637. The quantitative estimate of drug-likeness (QED) is 0.627. The van der Waals surface area contributed by atoms with Crippen molar-refractivity contribution in [3.05, 3.63) is 24.0 Å². The van der Waals surface area contributed by atoms with Crippen LogP contribution in [-0.2, 0) is 0 Å². The zero-order chi connectivity index (χ0) is 8.72. The third-order valence-electron chi connectivity index (χ3n) is 1.66. The van der Waals surface area contributed by atoms with Gasteiger partial charge >= 0.3 is 0 Å². The van der Waals surface area contributed by atoms with E-state index in [2.05, 4.69) is 12.6 Å². The predicted molar refractivity (Wildman–Crippen MR) is 53.4 cm³/mol. The fourth-order valence-electron chi connectivity index (χ4n) is 1.11. The lowest BCUT2D eigenvalue weighted by Crippen LogP contribution is -1.82. The minimum absolute atomic E-state index is 0.228. The molecule has 12 heavy (non-hydrogen) atoms. The van der Waals surface area contributed by atoms with Gasteiger partial charge in [-0.05, 0) is 12.1 Å². The van der Waals surface area contributed by atoms with E-state index >= 15 is 0 Å². The molecule has 1 heterocycles. The first-order valence-electron chi connectivity index (χ1n) is 3.35. The largest absolute Gasteiger partial charge is 0.388 e. The molecular weight excluding hydrogens is 193 g/mol. The normalized spacial score (nSPS) is 10.8. The second kappa shape index (κ2) is 2.64. The van der Waals surface area contributed by atoms with E-state index in [4.69, 9.17) is 5.73 Å². The van der Waals surface area contributed by atoms with Crippen molar-refractivity contribution in [2.24, 2.45) is 0 Å². The highest BCUT2D eigenvalue weighted by Crippen LogP contribution is 2.35. The van der Waals surface area contributed by atoms with Crippen molar-refractivity contribution in [2.45, 2.75) is 4.90 Å². The summed E-state index contributed by atoms with van der Waals surface area (Å²) in [5, 5.41) is 0.759. The number of hydrogen-bond acceptors (Lipinski definition) is 3. The van der Waals surface area contributed by atoms with Gasteiger partial charge in [0.05, 0.1) is 0 Å². The number of hydrogen-bond donors (Lipinski definition) is 2. The summed E-state index contributed by atoms with van der Waals surface area (Å²) >= 11 is 5.39. The minimum Gasteiger partial charge on any atom is -0.388 e. The summed E-state index contributed by atoms with van der Waals surface area (Å²) in [6, 6.07) is 5.42. The van der Waals surface area contributed by atoms with Crippen LogP contribution in [0.25, 0.3) is 10.1 Å². The summed E-state index contributed by atoms with van der Waals surface area (Å²) in [5.41, 5.74) is 5.43. The molecule has 2 aromatic rings. The molecule has 0 radical (unpaired) electrons. The van der Waals surface area contributed by atoms with Crippen LogP contribution in [0.4, 0.5) is 9.39 Å². The van der Waals surface area contributed by atoms with Gasteiger partial charge in [-0.15, -0.1) is 24.0 Å². The number of fused-ring (bicyclic) bond motifs is 1. The Morgan fingerprint density at radius 2 is 2.17 bits per heavy atom. The van der Waals surface area contributed by atoms with Gasteiger partial charge in [-0.2, -0.15) is 0 Å². The van der Waals surface area contributed by atoms with E-state index < -0.39 is 0 Å². The van der Waals surface area contributed by atoms with Gasteiger partial charge in [-0.3, -0.25) is 0 Å². The van der Waals surface area contributed by atoms with Crippen LogP contribution in [0, 0.1) is 5.82 Å². The third kappa shape index (κ3) is 0.990. The topological polar surface area (TPSA) is 26.0 Å². The van der Waals surface area contributed by atoms with E-state index in [9.17, 15) is 4.39 Å². The van der Waals surface area contributed by atoms with Crippen molar-refractivity contribution in [2.75, 3.05) is 5.73 Å². The highest BCUT2D eigenvalue weighted by molar-refractivity contribution is 7.80. The number of thiophene rings is 1. The Balaban J connectivity index is 2.97. The second-order valence-corrected chi connectivity index (χ2v) is 4.00. The number of rotatable bonds is 0. The number of anilines is 1. The Labute approximate surface area is 78.4 Å². The minimum atomic E-state index is -0.347. The SMILES string of the molecule is Nc1sc2cccc(S)c2c1F.